The lowest BCUT2D eigenvalue weighted by atomic mass is 9.97. The zero-order valence-corrected chi connectivity index (χ0v) is 16.7. The third-order valence-corrected chi connectivity index (χ3v) is 5.17. The number of para-hydroxylation sites is 2. The molecular weight excluding hydrogens is 358 g/mol. The quantitative estimate of drug-likeness (QED) is 0.414. The van der Waals surface area contributed by atoms with Gasteiger partial charge in [0.15, 0.2) is 5.65 Å². The summed E-state index contributed by atoms with van der Waals surface area (Å²) >= 11 is 0. The molecule has 4 heteroatoms. The number of ether oxygens (including phenoxy) is 1. The third kappa shape index (κ3) is 3.03. The van der Waals surface area contributed by atoms with Gasteiger partial charge in [-0.05, 0) is 43.7 Å². The first-order valence-corrected chi connectivity index (χ1v) is 9.64. The summed E-state index contributed by atoms with van der Waals surface area (Å²) in [7, 11) is 1.69. The maximum absolute atomic E-state index is 5.45. The minimum absolute atomic E-state index is 0.788. The van der Waals surface area contributed by atoms with Crippen molar-refractivity contribution in [3.8, 4) is 28.1 Å². The molecule has 0 saturated heterocycles. The molecule has 0 radical (unpaired) electrons. The Morgan fingerprint density at radius 2 is 1.48 bits per heavy atom. The van der Waals surface area contributed by atoms with E-state index in [0.717, 1.165) is 50.3 Å². The van der Waals surface area contributed by atoms with Gasteiger partial charge in [-0.1, -0.05) is 53.6 Å². The Labute approximate surface area is 169 Å². The number of nitrogens with one attached hydrogen (secondary N) is 1. The fraction of sp³-hybridized carbons (Fsp3) is 0.120. The van der Waals surface area contributed by atoms with Gasteiger partial charge in [0.05, 0.1) is 23.8 Å². The van der Waals surface area contributed by atoms with Gasteiger partial charge in [-0.15, -0.1) is 0 Å². The van der Waals surface area contributed by atoms with Gasteiger partial charge < -0.3 is 9.72 Å². The number of hydrogen-bond acceptors (Lipinski definition) is 3. The molecule has 0 aliphatic heterocycles. The number of aryl methyl sites for hydroxylation is 2. The highest BCUT2D eigenvalue weighted by atomic mass is 16.5. The molecule has 2 aromatic heterocycles. The van der Waals surface area contributed by atoms with Gasteiger partial charge in [-0.25, -0.2) is 9.97 Å². The molecule has 5 rings (SSSR count). The second-order valence-corrected chi connectivity index (χ2v) is 7.39. The number of nitrogens with zero attached hydrogens (tertiary/aromatic N) is 2. The van der Waals surface area contributed by atoms with Crippen molar-refractivity contribution in [3.63, 3.8) is 0 Å². The van der Waals surface area contributed by atoms with Crippen LogP contribution in [-0.4, -0.2) is 22.1 Å². The predicted molar refractivity (Wildman–Crippen MR) is 118 cm³/mol. The molecule has 29 heavy (non-hydrogen) atoms. The van der Waals surface area contributed by atoms with Crippen LogP contribution >= 0.6 is 0 Å². The predicted octanol–water partition coefficient (Wildman–Crippen LogP) is 6.07. The average molecular weight is 379 g/mol. The van der Waals surface area contributed by atoms with Crippen LogP contribution in [-0.2, 0) is 0 Å². The zero-order valence-electron chi connectivity index (χ0n) is 16.7. The molecule has 0 aliphatic carbocycles. The van der Waals surface area contributed by atoms with Crippen LogP contribution in [0, 0.1) is 13.8 Å². The Hall–Kier alpha value is -3.66. The van der Waals surface area contributed by atoms with Gasteiger partial charge in [0.1, 0.15) is 11.3 Å². The number of aromatic amines is 1. The van der Waals surface area contributed by atoms with Gasteiger partial charge in [0.2, 0.25) is 0 Å². The molecule has 3 aromatic carbocycles. The summed E-state index contributed by atoms with van der Waals surface area (Å²) in [4.78, 5) is 13.4. The first-order valence-electron chi connectivity index (χ1n) is 9.64. The van der Waals surface area contributed by atoms with Crippen molar-refractivity contribution in [1.29, 1.82) is 0 Å². The van der Waals surface area contributed by atoms with E-state index >= 15 is 0 Å². The summed E-state index contributed by atoms with van der Waals surface area (Å²) in [5, 5.41) is 0. The lowest BCUT2D eigenvalue weighted by Gasteiger charge is -2.09. The van der Waals surface area contributed by atoms with Crippen LogP contribution in [0.25, 0.3) is 44.6 Å². The Morgan fingerprint density at radius 3 is 2.21 bits per heavy atom. The van der Waals surface area contributed by atoms with Gasteiger partial charge in [-0.2, -0.15) is 0 Å². The third-order valence-electron chi connectivity index (χ3n) is 5.17. The molecule has 4 nitrogen and oxygen atoms in total. The van der Waals surface area contributed by atoms with Crippen LogP contribution in [0.15, 0.2) is 66.7 Å². The second-order valence-electron chi connectivity index (χ2n) is 7.39. The molecule has 2 heterocycles. The molecule has 1 N–H and O–H groups in total. The molecule has 0 atom stereocenters. The number of aromatic nitrogens is 3. The molecule has 5 aromatic rings. The Balaban J connectivity index is 1.88. The van der Waals surface area contributed by atoms with Crippen LogP contribution in [0.2, 0.25) is 0 Å². The SMILES string of the molecule is COc1cccc(-c2[nH]c3nc4ccccc4nc3c2-c2cc(C)cc(C)c2)c1. The summed E-state index contributed by atoms with van der Waals surface area (Å²) in [5.41, 5.74) is 10.1. The van der Waals surface area contributed by atoms with Crippen molar-refractivity contribution in [2.45, 2.75) is 13.8 Å². The Kier molecular flexibility index (Phi) is 4.06. The van der Waals surface area contributed by atoms with Gasteiger partial charge in [0, 0.05) is 11.1 Å². The number of fused-ring (bicyclic) bond motifs is 2. The molecule has 142 valence electrons. The van der Waals surface area contributed by atoms with Gasteiger partial charge in [-0.3, -0.25) is 0 Å². The van der Waals surface area contributed by atoms with Crippen LogP contribution in [0.4, 0.5) is 0 Å². The summed E-state index contributed by atoms with van der Waals surface area (Å²) in [6.45, 7) is 4.25. The largest absolute Gasteiger partial charge is 0.497 e. The van der Waals surface area contributed by atoms with Crippen molar-refractivity contribution in [3.05, 3.63) is 77.9 Å². The summed E-state index contributed by atoms with van der Waals surface area (Å²) < 4.78 is 5.45. The lowest BCUT2D eigenvalue weighted by molar-refractivity contribution is 0.415. The number of benzene rings is 3. The first kappa shape index (κ1) is 17.4. The van der Waals surface area contributed by atoms with Crippen LogP contribution in [0.5, 0.6) is 5.75 Å². The first-order chi connectivity index (χ1) is 14.1. The van der Waals surface area contributed by atoms with Crippen LogP contribution < -0.4 is 4.74 Å². The summed E-state index contributed by atoms with van der Waals surface area (Å²) in [6.07, 6.45) is 0. The van der Waals surface area contributed by atoms with Crippen molar-refractivity contribution >= 4 is 22.2 Å². The number of rotatable bonds is 3. The van der Waals surface area contributed by atoms with E-state index in [4.69, 9.17) is 14.7 Å². The topological polar surface area (TPSA) is 50.8 Å². The van der Waals surface area contributed by atoms with Gasteiger partial charge in [0.25, 0.3) is 0 Å². The van der Waals surface area contributed by atoms with Crippen LogP contribution in [0.3, 0.4) is 0 Å². The molecule has 0 unspecified atom stereocenters. The van der Waals surface area contributed by atoms with Crippen molar-refractivity contribution < 1.29 is 4.74 Å². The van der Waals surface area contributed by atoms with E-state index in [-0.39, 0.29) is 0 Å². The molecule has 0 saturated carbocycles. The van der Waals surface area contributed by atoms with E-state index in [2.05, 4.69) is 43.1 Å². The molecule has 0 fully saturated rings. The van der Waals surface area contributed by atoms with E-state index in [9.17, 15) is 0 Å². The fourth-order valence-electron chi connectivity index (χ4n) is 3.96. The smallest absolute Gasteiger partial charge is 0.157 e. The van der Waals surface area contributed by atoms with E-state index in [1.54, 1.807) is 7.11 Å². The number of hydrogen-bond donors (Lipinski definition) is 1. The van der Waals surface area contributed by atoms with Crippen molar-refractivity contribution in [2.24, 2.45) is 0 Å². The molecular formula is C25H21N3O. The highest BCUT2D eigenvalue weighted by molar-refractivity contribution is 6.02. The number of H-pyrrole nitrogens is 1. The normalized spacial score (nSPS) is 11.3. The van der Waals surface area contributed by atoms with E-state index in [0.29, 0.717) is 0 Å². The fourth-order valence-corrected chi connectivity index (χ4v) is 3.96. The van der Waals surface area contributed by atoms with Crippen molar-refractivity contribution in [1.82, 2.24) is 15.0 Å². The van der Waals surface area contributed by atoms with E-state index < -0.39 is 0 Å². The highest BCUT2D eigenvalue weighted by Crippen LogP contribution is 2.39. The molecule has 0 aliphatic rings. The van der Waals surface area contributed by atoms with Crippen LogP contribution in [0.1, 0.15) is 11.1 Å². The van der Waals surface area contributed by atoms with E-state index in [1.807, 2.05) is 42.5 Å². The minimum atomic E-state index is 0.788. The molecule has 0 amide bonds. The lowest BCUT2D eigenvalue weighted by Crippen LogP contribution is -1.88. The van der Waals surface area contributed by atoms with Gasteiger partial charge >= 0.3 is 0 Å². The Bertz CT molecular complexity index is 1350. The maximum atomic E-state index is 5.45. The van der Waals surface area contributed by atoms with E-state index in [1.165, 1.54) is 11.1 Å². The second kappa shape index (κ2) is 6.74. The zero-order chi connectivity index (χ0) is 20.0. The minimum Gasteiger partial charge on any atom is -0.497 e. The maximum Gasteiger partial charge on any atom is 0.157 e. The molecule has 0 bridgehead atoms. The standard InChI is InChI=1S/C25H21N3O/c1-15-11-16(2)13-18(12-15)22-23(17-7-6-8-19(14-17)29-3)28-25-24(22)26-20-9-4-5-10-21(20)27-25/h4-14H,1-3H3,(H,27,28). The highest BCUT2D eigenvalue weighted by Gasteiger charge is 2.19. The summed E-state index contributed by atoms with van der Waals surface area (Å²) in [5.74, 6) is 0.818. The molecule has 0 spiro atoms. The summed E-state index contributed by atoms with van der Waals surface area (Å²) in [6, 6.07) is 22.6. The average Bonchev–Trinajstić information content (AvgIpc) is 3.09. The van der Waals surface area contributed by atoms with Crippen molar-refractivity contribution in [2.75, 3.05) is 7.11 Å². The monoisotopic (exact) mass is 379 g/mol. The number of methoxy groups -OCH3 is 1. The Morgan fingerprint density at radius 1 is 0.759 bits per heavy atom.